The Morgan fingerprint density at radius 3 is 2.52 bits per heavy atom. The minimum atomic E-state index is -1.02. The number of aromatic nitrogens is 1. The molecular formula is C15H16N2O3S. The van der Waals surface area contributed by atoms with Crippen LogP contribution in [-0.4, -0.2) is 40.0 Å². The SMILES string of the molecule is Cc1ncc(C(=O)N(C)C(Cc2ccccc2)C(=O)O)s1. The first kappa shape index (κ1) is 15.2. The van der Waals surface area contributed by atoms with Crippen LogP contribution in [0.5, 0.6) is 0 Å². The summed E-state index contributed by atoms with van der Waals surface area (Å²) in [5, 5.41) is 10.2. The van der Waals surface area contributed by atoms with E-state index < -0.39 is 12.0 Å². The van der Waals surface area contributed by atoms with E-state index in [9.17, 15) is 14.7 Å². The molecule has 1 amide bonds. The molecule has 1 aromatic heterocycles. The van der Waals surface area contributed by atoms with Gasteiger partial charge in [0, 0.05) is 13.5 Å². The number of hydrogen-bond donors (Lipinski definition) is 1. The number of aryl methyl sites for hydroxylation is 1. The molecule has 2 aromatic rings. The van der Waals surface area contributed by atoms with E-state index in [1.807, 2.05) is 30.3 Å². The lowest BCUT2D eigenvalue weighted by Gasteiger charge is -2.24. The summed E-state index contributed by atoms with van der Waals surface area (Å²) in [4.78, 5) is 29.6. The van der Waals surface area contributed by atoms with Crippen LogP contribution in [0.4, 0.5) is 0 Å². The van der Waals surface area contributed by atoms with Gasteiger partial charge >= 0.3 is 5.97 Å². The largest absolute Gasteiger partial charge is 0.480 e. The van der Waals surface area contributed by atoms with Crippen molar-refractivity contribution in [1.29, 1.82) is 0 Å². The monoisotopic (exact) mass is 304 g/mol. The van der Waals surface area contributed by atoms with E-state index in [2.05, 4.69) is 4.98 Å². The number of aliphatic carboxylic acids is 1. The number of likely N-dealkylation sites (N-methyl/N-ethyl adjacent to an activating group) is 1. The lowest BCUT2D eigenvalue weighted by atomic mass is 10.0. The number of carbonyl (C=O) groups excluding carboxylic acids is 1. The summed E-state index contributed by atoms with van der Waals surface area (Å²) >= 11 is 1.26. The van der Waals surface area contributed by atoms with Crippen molar-refractivity contribution in [2.75, 3.05) is 7.05 Å². The van der Waals surface area contributed by atoms with Gasteiger partial charge < -0.3 is 10.0 Å². The summed E-state index contributed by atoms with van der Waals surface area (Å²) in [7, 11) is 1.51. The van der Waals surface area contributed by atoms with Gasteiger partial charge in [0.1, 0.15) is 10.9 Å². The second kappa shape index (κ2) is 6.49. The fraction of sp³-hybridized carbons (Fsp3) is 0.267. The van der Waals surface area contributed by atoms with Gasteiger partial charge in [-0.05, 0) is 12.5 Å². The number of carbonyl (C=O) groups is 2. The number of rotatable bonds is 5. The predicted molar refractivity (Wildman–Crippen MR) is 80.5 cm³/mol. The highest BCUT2D eigenvalue weighted by Crippen LogP contribution is 2.16. The predicted octanol–water partition coefficient (Wildman–Crippen LogP) is 2.22. The van der Waals surface area contributed by atoms with Crippen LogP contribution in [0.25, 0.3) is 0 Å². The topological polar surface area (TPSA) is 70.5 Å². The summed E-state index contributed by atoms with van der Waals surface area (Å²) in [5.74, 6) is -1.33. The molecule has 0 saturated carbocycles. The van der Waals surface area contributed by atoms with Gasteiger partial charge in [-0.25, -0.2) is 9.78 Å². The first-order valence-corrected chi connectivity index (χ1v) is 7.27. The highest BCUT2D eigenvalue weighted by Gasteiger charge is 2.28. The Bertz CT molecular complexity index is 639. The number of nitrogens with zero attached hydrogens (tertiary/aromatic N) is 2. The lowest BCUT2D eigenvalue weighted by molar-refractivity contribution is -0.141. The van der Waals surface area contributed by atoms with E-state index in [-0.39, 0.29) is 12.3 Å². The minimum absolute atomic E-state index is 0.274. The number of hydrogen-bond acceptors (Lipinski definition) is 4. The Labute approximate surface area is 126 Å². The van der Waals surface area contributed by atoms with Crippen molar-refractivity contribution in [3.63, 3.8) is 0 Å². The maximum absolute atomic E-state index is 12.3. The highest BCUT2D eigenvalue weighted by molar-refractivity contribution is 7.13. The van der Waals surface area contributed by atoms with Crippen LogP contribution in [0.2, 0.25) is 0 Å². The highest BCUT2D eigenvalue weighted by atomic mass is 32.1. The normalized spacial score (nSPS) is 11.9. The van der Waals surface area contributed by atoms with E-state index in [0.29, 0.717) is 4.88 Å². The van der Waals surface area contributed by atoms with Gasteiger partial charge in [0.2, 0.25) is 0 Å². The third kappa shape index (κ3) is 3.66. The number of carboxylic acid groups (broad SMARTS) is 1. The maximum atomic E-state index is 12.3. The number of carboxylic acids is 1. The molecular weight excluding hydrogens is 288 g/mol. The molecule has 5 nitrogen and oxygen atoms in total. The molecule has 1 heterocycles. The molecule has 110 valence electrons. The summed E-state index contributed by atoms with van der Waals surface area (Å²) in [6.45, 7) is 1.81. The molecule has 1 unspecified atom stereocenters. The molecule has 0 bridgehead atoms. The van der Waals surface area contributed by atoms with Gasteiger partial charge in [0.25, 0.3) is 5.91 Å². The van der Waals surface area contributed by atoms with Gasteiger partial charge in [-0.2, -0.15) is 0 Å². The lowest BCUT2D eigenvalue weighted by Crippen LogP contribution is -2.43. The first-order chi connectivity index (χ1) is 9.99. The van der Waals surface area contributed by atoms with Crippen molar-refractivity contribution in [1.82, 2.24) is 9.88 Å². The number of thiazole rings is 1. The summed E-state index contributed by atoms with van der Waals surface area (Å²) in [5.41, 5.74) is 0.880. The molecule has 2 rings (SSSR count). The number of amides is 1. The smallest absolute Gasteiger partial charge is 0.326 e. The van der Waals surface area contributed by atoms with E-state index in [1.54, 1.807) is 6.92 Å². The number of benzene rings is 1. The zero-order chi connectivity index (χ0) is 15.4. The first-order valence-electron chi connectivity index (χ1n) is 6.45. The molecule has 0 aliphatic carbocycles. The van der Waals surface area contributed by atoms with E-state index in [1.165, 1.54) is 29.5 Å². The second-order valence-corrected chi connectivity index (χ2v) is 5.94. The molecule has 1 aromatic carbocycles. The van der Waals surface area contributed by atoms with Crippen LogP contribution in [0, 0.1) is 6.92 Å². The second-order valence-electron chi connectivity index (χ2n) is 4.70. The van der Waals surface area contributed by atoms with E-state index in [0.717, 1.165) is 10.6 Å². The van der Waals surface area contributed by atoms with Crippen molar-refractivity contribution >= 4 is 23.2 Å². The van der Waals surface area contributed by atoms with Crippen molar-refractivity contribution in [3.8, 4) is 0 Å². The van der Waals surface area contributed by atoms with Crippen LogP contribution in [0.3, 0.4) is 0 Å². The van der Waals surface area contributed by atoms with Crippen LogP contribution in [0.15, 0.2) is 36.5 Å². The molecule has 0 fully saturated rings. The van der Waals surface area contributed by atoms with E-state index in [4.69, 9.17) is 0 Å². The molecule has 1 N–H and O–H groups in total. The Kier molecular flexibility index (Phi) is 4.70. The molecule has 0 spiro atoms. The summed E-state index contributed by atoms with van der Waals surface area (Å²) in [6, 6.07) is 8.37. The van der Waals surface area contributed by atoms with Gasteiger partial charge in [-0.15, -0.1) is 11.3 Å². The zero-order valence-electron chi connectivity index (χ0n) is 11.8. The molecule has 0 aliphatic rings. The zero-order valence-corrected chi connectivity index (χ0v) is 12.6. The van der Waals surface area contributed by atoms with Crippen LogP contribution in [-0.2, 0) is 11.2 Å². The molecule has 6 heteroatoms. The third-order valence-corrected chi connectivity index (χ3v) is 4.08. The summed E-state index contributed by atoms with van der Waals surface area (Å²) in [6.07, 6.45) is 1.76. The molecule has 0 radical (unpaired) electrons. The van der Waals surface area contributed by atoms with Crippen LogP contribution < -0.4 is 0 Å². The molecule has 0 aliphatic heterocycles. The standard InChI is InChI=1S/C15H16N2O3S/c1-10-16-9-13(21-10)14(18)17(2)12(15(19)20)8-11-6-4-3-5-7-11/h3-7,9,12H,8H2,1-2H3,(H,19,20). The Hall–Kier alpha value is -2.21. The quantitative estimate of drug-likeness (QED) is 0.919. The fourth-order valence-electron chi connectivity index (χ4n) is 2.00. The maximum Gasteiger partial charge on any atom is 0.326 e. The van der Waals surface area contributed by atoms with Gasteiger partial charge in [-0.1, -0.05) is 30.3 Å². The van der Waals surface area contributed by atoms with Gasteiger partial charge in [0.15, 0.2) is 0 Å². The fourth-order valence-corrected chi connectivity index (χ4v) is 2.76. The third-order valence-electron chi connectivity index (χ3n) is 3.18. The van der Waals surface area contributed by atoms with Crippen molar-refractivity contribution in [2.45, 2.75) is 19.4 Å². The Morgan fingerprint density at radius 1 is 1.33 bits per heavy atom. The average Bonchev–Trinajstić information content (AvgIpc) is 2.90. The Balaban J connectivity index is 2.18. The van der Waals surface area contributed by atoms with Crippen molar-refractivity contribution in [2.24, 2.45) is 0 Å². The van der Waals surface area contributed by atoms with Crippen LogP contribution >= 0.6 is 11.3 Å². The van der Waals surface area contributed by atoms with Gasteiger partial charge in [0.05, 0.1) is 11.2 Å². The van der Waals surface area contributed by atoms with Crippen LogP contribution in [0.1, 0.15) is 20.2 Å². The summed E-state index contributed by atoms with van der Waals surface area (Å²) < 4.78 is 0. The average molecular weight is 304 g/mol. The van der Waals surface area contributed by atoms with E-state index >= 15 is 0 Å². The van der Waals surface area contributed by atoms with Gasteiger partial charge in [-0.3, -0.25) is 4.79 Å². The minimum Gasteiger partial charge on any atom is -0.480 e. The molecule has 0 saturated heterocycles. The molecule has 1 atom stereocenters. The molecule has 21 heavy (non-hydrogen) atoms. The Morgan fingerprint density at radius 2 is 2.00 bits per heavy atom. The van der Waals surface area contributed by atoms with Crippen molar-refractivity contribution in [3.05, 3.63) is 52.0 Å². The van der Waals surface area contributed by atoms with Crippen molar-refractivity contribution < 1.29 is 14.7 Å².